The monoisotopic (exact) mass is 2130 g/mol. The summed E-state index contributed by atoms with van der Waals surface area (Å²) in [5.41, 5.74) is 36.7. The molecule has 18 aromatic rings. The zero-order valence-electron chi connectivity index (χ0n) is 88.1. The number of rotatable bonds is 50. The van der Waals surface area contributed by atoms with Gasteiger partial charge in [-0.2, -0.15) is 17.5 Å². The highest BCUT2D eigenvalue weighted by atomic mass is 32.1. The molecule has 1 aliphatic heterocycles. The van der Waals surface area contributed by atoms with Gasteiger partial charge in [0.15, 0.2) is 0 Å². The highest BCUT2D eigenvalue weighted by Gasteiger charge is 2.58. The van der Waals surface area contributed by atoms with Crippen molar-refractivity contribution in [3.05, 3.63) is 363 Å². The summed E-state index contributed by atoms with van der Waals surface area (Å²) in [6.45, 7) is 18.6. The molecule has 4 nitrogen and oxygen atoms in total. The summed E-state index contributed by atoms with van der Waals surface area (Å²) < 4.78 is 28.4. The maximum atomic E-state index is 5.66. The van der Waals surface area contributed by atoms with E-state index in [0.717, 1.165) is 84.9 Å². The molecule has 23 rings (SSSR count). The van der Waals surface area contributed by atoms with Crippen molar-refractivity contribution >= 4 is 155 Å². The molecule has 9 aromatic heterocycles. The van der Waals surface area contributed by atoms with Gasteiger partial charge in [0, 0.05) is 52.9 Å². The van der Waals surface area contributed by atoms with Gasteiger partial charge in [0.25, 0.3) is 0 Å². The van der Waals surface area contributed by atoms with Crippen LogP contribution in [0.5, 0.6) is 0 Å². The van der Waals surface area contributed by atoms with Crippen LogP contribution in [0.25, 0.3) is 89.7 Å². The van der Waals surface area contributed by atoms with Crippen molar-refractivity contribution in [2.24, 2.45) is 8.73 Å². The number of thiophene rings is 8. The van der Waals surface area contributed by atoms with Gasteiger partial charge in [-0.3, -0.25) is 0 Å². The summed E-state index contributed by atoms with van der Waals surface area (Å²) in [4.78, 5) is 13.5. The topological polar surface area (TPSA) is 50.5 Å². The molecule has 0 spiro atoms. The molecule has 9 aromatic carbocycles. The van der Waals surface area contributed by atoms with Crippen molar-refractivity contribution < 1.29 is 0 Å². The zero-order chi connectivity index (χ0) is 100. The fraction of sp³-hybridized carbons (Fsp3) is 0.388. The minimum absolute atomic E-state index is 0.560. The van der Waals surface area contributed by atoms with Crippen molar-refractivity contribution in [2.45, 2.75) is 334 Å². The highest BCUT2D eigenvalue weighted by Crippen LogP contribution is 2.74. The van der Waals surface area contributed by atoms with E-state index in [-0.39, 0.29) is 0 Å². The predicted octanol–water partition coefficient (Wildman–Crippen LogP) is 43.0. The van der Waals surface area contributed by atoms with Crippen LogP contribution in [-0.2, 0) is 84.4 Å². The van der Waals surface area contributed by atoms with Crippen LogP contribution in [0.3, 0.4) is 0 Å². The first-order valence-electron chi connectivity index (χ1n) is 56.9. The quantitative estimate of drug-likeness (QED) is 0.0357. The predicted molar refractivity (Wildman–Crippen MR) is 650 cm³/mol. The lowest BCUT2D eigenvalue weighted by atomic mass is 9.67. The van der Waals surface area contributed by atoms with Crippen LogP contribution in [0.1, 0.15) is 394 Å². The van der Waals surface area contributed by atoms with Gasteiger partial charge in [-0.15, -0.1) is 90.7 Å². The first-order valence-corrected chi connectivity index (χ1v) is 65.0. The van der Waals surface area contributed by atoms with Crippen LogP contribution in [-0.4, -0.2) is 8.75 Å². The van der Waals surface area contributed by atoms with Gasteiger partial charge < -0.3 is 0 Å². The maximum absolute atomic E-state index is 5.66. The molecular formula is C134H142N4S10. The molecule has 0 fully saturated rings. The van der Waals surface area contributed by atoms with E-state index in [2.05, 4.69) is 330 Å². The van der Waals surface area contributed by atoms with E-state index in [1.54, 1.807) is 0 Å². The van der Waals surface area contributed by atoms with Crippen LogP contribution >= 0.6 is 102 Å². The number of hydrogen-bond donors (Lipinski definition) is 0. The Morgan fingerprint density at radius 1 is 0.209 bits per heavy atom. The van der Waals surface area contributed by atoms with E-state index in [0.29, 0.717) is 0 Å². The summed E-state index contributed by atoms with van der Waals surface area (Å²) in [5, 5.41) is 4.81. The number of aryl methyl sites for hydroxylation is 8. The van der Waals surface area contributed by atoms with Crippen LogP contribution in [0.4, 0.5) is 11.4 Å². The summed E-state index contributed by atoms with van der Waals surface area (Å²) in [7, 11) is 0. The molecule has 4 aliphatic carbocycles. The lowest BCUT2D eigenvalue weighted by molar-refractivity contribution is 0.666. The van der Waals surface area contributed by atoms with Crippen molar-refractivity contribution in [1.82, 2.24) is 8.75 Å². The Morgan fingerprint density at radius 2 is 0.419 bits per heavy atom. The lowest BCUT2D eigenvalue weighted by Crippen LogP contribution is -2.29. The highest BCUT2D eigenvalue weighted by molar-refractivity contribution is 7.58. The van der Waals surface area contributed by atoms with Gasteiger partial charge in [0.05, 0.1) is 92.8 Å². The molecule has 148 heavy (non-hydrogen) atoms. The minimum Gasteiger partial charge on any atom is -0.172 e. The van der Waals surface area contributed by atoms with Gasteiger partial charge in [-0.25, -0.2) is 0 Å². The Morgan fingerprint density at radius 3 is 0.635 bits per heavy atom. The molecule has 10 heterocycles. The molecule has 0 bridgehead atoms. The van der Waals surface area contributed by atoms with E-state index in [4.69, 9.17) is 17.5 Å². The number of unbranched alkanes of at least 4 members (excludes halogenated alkanes) is 24. The number of hydrogen-bond acceptors (Lipinski definition) is 13. The molecule has 0 amide bonds. The Labute approximate surface area is 920 Å². The second kappa shape index (κ2) is 45.2. The smallest absolute Gasteiger partial charge is 0.116 e. The standard InChI is InChI=1S/C134H142N4S10/c1-9-17-25-33-41-87-49-65-95(66-50-87)131(96-67-51-88(52-68-96)42-34-26-18-10-2)103-81-83-139-119(103)123-111(131)127-129(143-123)113-125(145-127)121-105(133(113,99-73-57-91(58-74-99)45-37-29-21-13-5)100-75-59-92(60-76-100)46-38-30-22-14-6)85-107(141-121)109-115-117(137-147-135-115)110(118-116(109)136-148-138-118)108-86-106-122(142-108)126-114(134(106,101-77-61-93(62-78-101)47-39-31-23-15-7)102-79-63-94(64-80-102)48-40-32-24-16-8)130-128(146-126)112-124(144-130)120-104(82-84-140-120)132(112,97-69-53-89(54-70-97)43-35-27-19-11-3)98-71-55-90(56-72-98)44-36-28-20-12-4/h49-86H,9-48H2,1-8H3. The van der Waals surface area contributed by atoms with Gasteiger partial charge in [0.2, 0.25) is 0 Å². The van der Waals surface area contributed by atoms with Crippen molar-refractivity contribution in [3.8, 4) is 59.9 Å². The zero-order valence-corrected chi connectivity index (χ0v) is 96.3. The summed E-state index contributed by atoms with van der Waals surface area (Å²) in [6.07, 6.45) is 48.4. The lowest BCUT2D eigenvalue weighted by Gasteiger charge is -2.34. The molecule has 0 radical (unpaired) electrons. The van der Waals surface area contributed by atoms with E-state index in [1.165, 1.54) is 430 Å². The number of fused-ring (bicyclic) bond motifs is 20. The van der Waals surface area contributed by atoms with Crippen LogP contribution in [0, 0.1) is 0 Å². The second-order valence-electron chi connectivity index (χ2n) is 43.3. The van der Waals surface area contributed by atoms with Gasteiger partial charge in [-0.05, 0) is 249 Å². The second-order valence-corrected chi connectivity index (χ2v) is 52.4. The molecule has 5 aliphatic rings. The molecule has 0 N–H and O–H groups in total. The fourth-order valence-electron chi connectivity index (χ4n) is 26.1. The molecular weight excluding hydrogens is 1990 g/mol. The van der Waals surface area contributed by atoms with Crippen LogP contribution in [0.2, 0.25) is 0 Å². The SMILES string of the molecule is CCCCCCc1ccc(C2(c3ccc(CCCCCC)cc3)c3ccsc3-c3sc4c5c(sc4c32)-c2sc(-c3c4c(c(-c6cc7c(s6)-c6sc8c9c(sc8c6C7(c6ccc(CCCCCC)cc6)c6ccc(CCCCCC)cc6)-c6sccc6C9(c6ccc(CCCCCC)cc6)c6ccc(CCCCCC)cc6)c6nsnc36)N=S=N4)cc2C5(c2ccc(CCCCCC)cc2)c2ccc(CCCCCC)cc2)cc1. The molecule has 0 unspecified atom stereocenters. The largest absolute Gasteiger partial charge is 0.172 e. The fourth-order valence-corrected chi connectivity index (χ4v) is 38.5. The van der Waals surface area contributed by atoms with Gasteiger partial charge in [0.1, 0.15) is 22.4 Å². The third-order valence-electron chi connectivity index (χ3n) is 33.8. The normalized spacial score (nSPS) is 14.3. The molecule has 14 heteroatoms. The first kappa shape index (κ1) is 102. The number of benzene rings is 9. The third kappa shape index (κ3) is 17.9. The Kier molecular flexibility index (Phi) is 31.1. The first-order chi connectivity index (χ1) is 73.1. The Hall–Kier alpha value is -9.26. The summed E-state index contributed by atoms with van der Waals surface area (Å²) in [5.74, 6) is 0. The van der Waals surface area contributed by atoms with Crippen LogP contribution < -0.4 is 0 Å². The molecule has 758 valence electrons. The molecule has 0 saturated heterocycles. The number of nitrogens with zero attached hydrogens (tertiary/aromatic N) is 4. The van der Waals surface area contributed by atoms with Gasteiger partial charge >= 0.3 is 0 Å². The Balaban J connectivity index is 0.736. The van der Waals surface area contributed by atoms with Crippen molar-refractivity contribution in [3.63, 3.8) is 0 Å². The van der Waals surface area contributed by atoms with Crippen molar-refractivity contribution in [1.29, 1.82) is 0 Å². The minimum atomic E-state index is -0.717. The van der Waals surface area contributed by atoms with E-state index >= 15 is 0 Å². The van der Waals surface area contributed by atoms with Crippen molar-refractivity contribution in [2.75, 3.05) is 0 Å². The summed E-state index contributed by atoms with van der Waals surface area (Å²) in [6, 6.07) is 91.3. The van der Waals surface area contributed by atoms with Gasteiger partial charge in [-0.1, -0.05) is 404 Å². The summed E-state index contributed by atoms with van der Waals surface area (Å²) >= 11 is 18.9. The Bertz CT molecular complexity index is 7100. The average molecular weight is 2130 g/mol. The molecule has 0 saturated carbocycles. The number of aromatic nitrogens is 2. The van der Waals surface area contributed by atoms with E-state index in [1.807, 2.05) is 45.3 Å². The van der Waals surface area contributed by atoms with E-state index < -0.39 is 21.7 Å². The van der Waals surface area contributed by atoms with E-state index in [9.17, 15) is 0 Å². The average Bonchev–Trinajstić information content (AvgIpc) is 1.49. The molecule has 0 atom stereocenters. The maximum Gasteiger partial charge on any atom is 0.116 e. The third-order valence-corrected chi connectivity index (χ3v) is 44.8. The van der Waals surface area contributed by atoms with Crippen LogP contribution in [0.15, 0.2) is 238 Å².